The van der Waals surface area contributed by atoms with Gasteiger partial charge >= 0.3 is 0 Å². The van der Waals surface area contributed by atoms with Crippen molar-refractivity contribution in [1.29, 1.82) is 0 Å². The van der Waals surface area contributed by atoms with Crippen LogP contribution in [0, 0.1) is 6.92 Å². The molecule has 10 heteroatoms. The van der Waals surface area contributed by atoms with Crippen molar-refractivity contribution in [3.63, 3.8) is 0 Å². The van der Waals surface area contributed by atoms with Crippen LogP contribution in [0.15, 0.2) is 53.9 Å². The second-order valence-corrected chi connectivity index (χ2v) is 10.7. The summed E-state index contributed by atoms with van der Waals surface area (Å²) in [5.41, 5.74) is 11.7. The zero-order valence-electron chi connectivity index (χ0n) is 19.1. The number of aromatic nitrogens is 4. The minimum absolute atomic E-state index is 0.171. The van der Waals surface area contributed by atoms with Gasteiger partial charge in [0.25, 0.3) is 0 Å². The van der Waals surface area contributed by atoms with Gasteiger partial charge in [0.15, 0.2) is 5.65 Å². The van der Waals surface area contributed by atoms with Crippen LogP contribution in [0.5, 0.6) is 0 Å². The number of hydrogen-bond acceptors (Lipinski definition) is 6. The fourth-order valence-electron chi connectivity index (χ4n) is 4.57. The van der Waals surface area contributed by atoms with Crippen LogP contribution in [0.2, 0.25) is 0 Å². The number of fused-ring (bicyclic) bond motifs is 1. The van der Waals surface area contributed by atoms with E-state index in [1.54, 1.807) is 29.2 Å². The van der Waals surface area contributed by atoms with E-state index < -0.39 is 10.0 Å². The number of aliphatic hydroxyl groups is 1. The molecule has 9 nitrogen and oxygen atoms in total. The zero-order valence-corrected chi connectivity index (χ0v) is 20.0. The predicted molar refractivity (Wildman–Crippen MR) is 131 cm³/mol. The van der Waals surface area contributed by atoms with Crippen LogP contribution < -0.4 is 10.5 Å². The number of anilines is 1. The molecule has 3 heterocycles. The van der Waals surface area contributed by atoms with Gasteiger partial charge in [-0.15, -0.1) is 0 Å². The third-order valence-corrected chi connectivity index (χ3v) is 8.00. The first kappa shape index (κ1) is 22.6. The smallest absolute Gasteiger partial charge is 0.240 e. The third-order valence-electron chi connectivity index (χ3n) is 6.49. The van der Waals surface area contributed by atoms with E-state index in [9.17, 15) is 13.5 Å². The molecule has 1 aliphatic carbocycles. The van der Waals surface area contributed by atoms with Crippen molar-refractivity contribution in [2.75, 3.05) is 5.73 Å². The quantitative estimate of drug-likeness (QED) is 0.403. The van der Waals surface area contributed by atoms with Crippen molar-refractivity contribution in [3.05, 3.63) is 54.6 Å². The second-order valence-electron chi connectivity index (χ2n) is 9.03. The number of nitrogens with two attached hydrogens (primary N) is 1. The Kier molecular flexibility index (Phi) is 5.67. The molecule has 0 bridgehead atoms. The molecule has 4 aromatic rings. The number of nitrogens with one attached hydrogen (secondary N) is 1. The first-order valence-corrected chi connectivity index (χ1v) is 12.8. The molecule has 0 amide bonds. The average molecular weight is 481 g/mol. The predicted octanol–water partition coefficient (Wildman–Crippen LogP) is 2.87. The Hall–Kier alpha value is -3.21. The van der Waals surface area contributed by atoms with Crippen LogP contribution in [0.3, 0.4) is 0 Å². The number of benzene rings is 1. The van der Waals surface area contributed by atoms with Crippen molar-refractivity contribution in [1.82, 2.24) is 23.9 Å². The van der Waals surface area contributed by atoms with Crippen LogP contribution in [-0.2, 0) is 17.1 Å². The summed E-state index contributed by atoms with van der Waals surface area (Å²) in [5, 5.41) is 14.0. The van der Waals surface area contributed by atoms with Gasteiger partial charge in [0, 0.05) is 42.2 Å². The first-order valence-electron chi connectivity index (χ1n) is 11.3. The highest BCUT2D eigenvalue weighted by Crippen LogP contribution is 2.31. The molecule has 0 unspecified atom stereocenters. The SMILES string of the molecule is Cc1ccc(S(=O)(=O)N[C@H]2CC[C@H](O)CC2)cc1-c1cnc2c(N)cc(-c3cnn(C)c3)cn12. The number of nitrogens with zero attached hydrogens (tertiary/aromatic N) is 4. The molecule has 1 aromatic carbocycles. The standard InChI is InChI=1S/C24H28N6O3S/c1-15-3-8-20(34(32,33)28-18-4-6-19(31)7-5-18)10-21(15)23-12-26-24-22(25)9-16(14-30(23)24)17-11-27-29(2)13-17/h3,8-14,18-19,28,31H,4-7,25H2,1-2H3/t18-,19-. The van der Waals surface area contributed by atoms with Gasteiger partial charge in [-0.25, -0.2) is 18.1 Å². The number of rotatable bonds is 5. The van der Waals surface area contributed by atoms with Gasteiger partial charge in [0.2, 0.25) is 10.0 Å². The summed E-state index contributed by atoms with van der Waals surface area (Å²) in [5.74, 6) is 0. The lowest BCUT2D eigenvalue weighted by molar-refractivity contribution is 0.120. The van der Waals surface area contributed by atoms with E-state index in [0.29, 0.717) is 37.0 Å². The van der Waals surface area contributed by atoms with E-state index >= 15 is 0 Å². The largest absolute Gasteiger partial charge is 0.396 e. The maximum absolute atomic E-state index is 13.1. The number of sulfonamides is 1. The van der Waals surface area contributed by atoms with E-state index in [2.05, 4.69) is 14.8 Å². The molecule has 0 saturated heterocycles. The molecule has 4 N–H and O–H groups in total. The highest BCUT2D eigenvalue weighted by atomic mass is 32.2. The topological polar surface area (TPSA) is 128 Å². The van der Waals surface area contributed by atoms with E-state index in [4.69, 9.17) is 5.73 Å². The molecule has 178 valence electrons. The number of aliphatic hydroxyl groups excluding tert-OH is 1. The van der Waals surface area contributed by atoms with Gasteiger partial charge in [0.1, 0.15) is 0 Å². The van der Waals surface area contributed by atoms with E-state index in [1.165, 1.54) is 0 Å². The van der Waals surface area contributed by atoms with Crippen molar-refractivity contribution < 1.29 is 13.5 Å². The van der Waals surface area contributed by atoms with Crippen LogP contribution >= 0.6 is 0 Å². The first-order chi connectivity index (χ1) is 16.2. The van der Waals surface area contributed by atoms with Gasteiger partial charge in [0.05, 0.1) is 34.8 Å². The third kappa shape index (κ3) is 4.20. The molecule has 3 aromatic heterocycles. The average Bonchev–Trinajstić information content (AvgIpc) is 3.42. The summed E-state index contributed by atoms with van der Waals surface area (Å²) >= 11 is 0. The lowest BCUT2D eigenvalue weighted by Gasteiger charge is -2.26. The van der Waals surface area contributed by atoms with Crippen LogP contribution in [0.1, 0.15) is 31.2 Å². The highest BCUT2D eigenvalue weighted by Gasteiger charge is 2.25. The summed E-state index contributed by atoms with van der Waals surface area (Å²) < 4.78 is 32.7. The summed E-state index contributed by atoms with van der Waals surface area (Å²) in [4.78, 5) is 4.70. The molecular weight excluding hydrogens is 452 g/mol. The Bertz CT molecular complexity index is 1470. The monoisotopic (exact) mass is 480 g/mol. The van der Waals surface area contributed by atoms with Crippen molar-refractivity contribution in [2.45, 2.75) is 49.6 Å². The minimum Gasteiger partial charge on any atom is -0.396 e. The lowest BCUT2D eigenvalue weighted by Crippen LogP contribution is -2.38. The van der Waals surface area contributed by atoms with Crippen LogP contribution in [0.4, 0.5) is 5.69 Å². The summed E-state index contributed by atoms with van der Waals surface area (Å²) in [6.45, 7) is 1.94. The van der Waals surface area contributed by atoms with Crippen molar-refractivity contribution >= 4 is 21.4 Å². The summed E-state index contributed by atoms with van der Waals surface area (Å²) in [7, 11) is -1.86. The van der Waals surface area contributed by atoms with Gasteiger partial charge in [-0.3, -0.25) is 9.08 Å². The van der Waals surface area contributed by atoms with Gasteiger partial charge in [-0.1, -0.05) is 6.07 Å². The van der Waals surface area contributed by atoms with E-state index in [-0.39, 0.29) is 17.0 Å². The Morgan fingerprint density at radius 2 is 1.85 bits per heavy atom. The van der Waals surface area contributed by atoms with E-state index in [1.807, 2.05) is 42.9 Å². The molecule has 0 atom stereocenters. The number of hydrogen-bond donors (Lipinski definition) is 3. The maximum atomic E-state index is 13.1. The molecule has 1 aliphatic rings. The number of nitrogen functional groups attached to an aromatic ring is 1. The molecular formula is C24H28N6O3S. The highest BCUT2D eigenvalue weighted by molar-refractivity contribution is 7.89. The van der Waals surface area contributed by atoms with Gasteiger partial charge < -0.3 is 10.8 Å². The summed E-state index contributed by atoms with van der Waals surface area (Å²) in [6.07, 6.45) is 9.46. The molecule has 5 rings (SSSR count). The van der Waals surface area contributed by atoms with Crippen molar-refractivity contribution in [3.8, 4) is 22.4 Å². The zero-order chi connectivity index (χ0) is 24.0. The molecule has 1 saturated carbocycles. The molecule has 0 spiro atoms. The number of imidazole rings is 1. The van der Waals surface area contributed by atoms with E-state index in [0.717, 1.165) is 27.9 Å². The minimum atomic E-state index is -3.71. The molecule has 0 radical (unpaired) electrons. The summed E-state index contributed by atoms with van der Waals surface area (Å²) in [6, 6.07) is 6.81. The Morgan fingerprint density at radius 3 is 2.56 bits per heavy atom. The van der Waals surface area contributed by atoms with Crippen LogP contribution in [0.25, 0.3) is 28.0 Å². The molecule has 1 fully saturated rings. The normalized spacial score (nSPS) is 19.0. The number of aryl methyl sites for hydroxylation is 2. The van der Waals surface area contributed by atoms with Gasteiger partial charge in [-0.05, 0) is 56.4 Å². The van der Waals surface area contributed by atoms with Crippen LogP contribution in [-0.4, -0.2) is 44.8 Å². The Labute approximate surface area is 198 Å². The molecule has 34 heavy (non-hydrogen) atoms. The molecule has 0 aliphatic heterocycles. The maximum Gasteiger partial charge on any atom is 0.240 e. The fourth-order valence-corrected chi connectivity index (χ4v) is 5.90. The lowest BCUT2D eigenvalue weighted by atomic mass is 9.94. The Morgan fingerprint density at radius 1 is 1.09 bits per heavy atom. The second kappa shape index (κ2) is 8.53. The van der Waals surface area contributed by atoms with Gasteiger partial charge in [-0.2, -0.15) is 5.10 Å². The number of pyridine rings is 1. The fraction of sp³-hybridized carbons (Fsp3) is 0.333. The Balaban J connectivity index is 1.54. The van der Waals surface area contributed by atoms with Crippen molar-refractivity contribution in [2.24, 2.45) is 7.05 Å².